The van der Waals surface area contributed by atoms with Gasteiger partial charge in [-0.3, -0.25) is 4.18 Å². The van der Waals surface area contributed by atoms with Crippen LogP contribution in [0, 0.1) is 0 Å². The van der Waals surface area contributed by atoms with Gasteiger partial charge in [0.25, 0.3) is 10.1 Å². The second-order valence-electron chi connectivity index (χ2n) is 2.14. The van der Waals surface area contributed by atoms with E-state index in [4.69, 9.17) is 1.37 Å². The van der Waals surface area contributed by atoms with Gasteiger partial charge in [-0.15, -0.1) is 0 Å². The van der Waals surface area contributed by atoms with Gasteiger partial charge < -0.3 is 0 Å². The van der Waals surface area contributed by atoms with Crippen molar-refractivity contribution in [1.29, 1.82) is 0 Å². The summed E-state index contributed by atoms with van der Waals surface area (Å²) in [5.41, 5.74) is 0. The van der Waals surface area contributed by atoms with Gasteiger partial charge in [-0.2, -0.15) is 8.42 Å². The molecule has 0 aromatic heterocycles. The van der Waals surface area contributed by atoms with Crippen LogP contribution in [0.1, 0.15) is 21.1 Å². The van der Waals surface area contributed by atoms with E-state index in [1.165, 1.54) is 0 Å². The third-order valence-corrected chi connectivity index (χ3v) is 1.57. The summed E-state index contributed by atoms with van der Waals surface area (Å²) in [6.07, 6.45) is 6.03. The van der Waals surface area contributed by atoms with E-state index < -0.39 is 10.1 Å². The summed E-state index contributed by atoms with van der Waals surface area (Å²) in [6.45, 7) is 0.494. The predicted octanol–water partition coefficient (Wildman–Crippen LogP) is 1.32. The highest BCUT2D eigenvalue weighted by molar-refractivity contribution is 7.85. The topological polar surface area (TPSA) is 43.4 Å². The zero-order valence-electron chi connectivity index (χ0n) is 7.62. The Bertz CT molecular complexity index is 221. The lowest BCUT2D eigenvalue weighted by molar-refractivity contribution is 0.317. The third-order valence-electron chi connectivity index (χ3n) is 0.979. The van der Waals surface area contributed by atoms with Gasteiger partial charge in [0, 0.05) is 1.37 Å². The molecule has 0 aliphatic heterocycles. The van der Waals surface area contributed by atoms with Gasteiger partial charge in [0.1, 0.15) is 0 Å². The second kappa shape index (κ2) is 5.32. The van der Waals surface area contributed by atoms with Crippen molar-refractivity contribution in [3.63, 3.8) is 0 Å². The van der Waals surface area contributed by atoms with Gasteiger partial charge >= 0.3 is 0 Å². The van der Waals surface area contributed by atoms with E-state index >= 15 is 0 Å². The smallest absolute Gasteiger partial charge is 0.264 e. The normalized spacial score (nSPS) is 13.7. The van der Waals surface area contributed by atoms with Crippen LogP contribution in [0.2, 0.25) is 0 Å². The van der Waals surface area contributed by atoms with E-state index in [0.29, 0.717) is 6.42 Å². The minimum Gasteiger partial charge on any atom is -0.270 e. The summed E-state index contributed by atoms with van der Waals surface area (Å²) < 4.78 is 32.2. The molecule has 0 unspecified atom stereocenters. The Morgan fingerprint density at radius 1 is 1.64 bits per heavy atom. The fourth-order valence-electron chi connectivity index (χ4n) is 0.529. The van der Waals surface area contributed by atoms with Crippen molar-refractivity contribution in [1.82, 2.24) is 0 Å². The molecule has 0 spiro atoms. The second-order valence-corrected chi connectivity index (χ2v) is 3.78. The Labute approximate surface area is 69.6 Å². The maximum atomic E-state index is 10.4. The molecule has 0 aliphatic rings. The molecule has 11 heavy (non-hydrogen) atoms. The van der Waals surface area contributed by atoms with Crippen LogP contribution in [0.15, 0.2) is 12.2 Å². The van der Waals surface area contributed by atoms with Gasteiger partial charge in [-0.1, -0.05) is 12.2 Å². The first kappa shape index (κ1) is 8.74. The molecule has 4 heteroatoms. The molecule has 0 saturated carbocycles. The van der Waals surface area contributed by atoms with Crippen molar-refractivity contribution >= 4 is 10.1 Å². The number of rotatable bonds is 5. The highest BCUT2D eigenvalue weighted by atomic mass is 32.2. The predicted molar refractivity (Wildman–Crippen MR) is 44.8 cm³/mol. The van der Waals surface area contributed by atoms with Crippen molar-refractivity contribution in [2.45, 2.75) is 19.7 Å². The molecular weight excluding hydrogens is 164 g/mol. The number of allylic oxidation sites excluding steroid dienone is 2. The van der Waals surface area contributed by atoms with E-state index in [1.54, 1.807) is 6.08 Å². The van der Waals surface area contributed by atoms with Crippen molar-refractivity contribution in [2.75, 3.05) is 12.9 Å². The maximum Gasteiger partial charge on any atom is 0.264 e. The first-order valence-corrected chi connectivity index (χ1v) is 5.16. The zero-order valence-corrected chi connectivity index (χ0v) is 7.43. The fourth-order valence-corrected chi connectivity index (χ4v) is 0.950. The molecular formula is C7H14O3S. The monoisotopic (exact) mass is 179 g/mol. The maximum absolute atomic E-state index is 10.4. The Morgan fingerprint density at radius 3 is 2.91 bits per heavy atom. The lowest BCUT2D eigenvalue weighted by atomic mass is 10.3. The standard InChI is InChI=1S/C7H14O3S/c1-3-4-5-6-7-10-11(2,8)9/h3-4H,5-7H2,1-2H3/b4-3-/i1D. The summed E-state index contributed by atoms with van der Waals surface area (Å²) in [5, 5.41) is 0. The highest BCUT2D eigenvalue weighted by Crippen LogP contribution is 1.94. The van der Waals surface area contributed by atoms with Crippen LogP contribution in [0.4, 0.5) is 0 Å². The van der Waals surface area contributed by atoms with Crippen molar-refractivity contribution in [2.24, 2.45) is 0 Å². The molecule has 0 rings (SSSR count). The summed E-state index contributed by atoms with van der Waals surface area (Å²) >= 11 is 0. The number of unbranched alkanes of at least 4 members (excludes halogenated alkanes) is 1. The quantitative estimate of drug-likeness (QED) is 0.363. The Morgan fingerprint density at radius 2 is 2.36 bits per heavy atom. The average Bonchev–Trinajstić information content (AvgIpc) is 1.94. The van der Waals surface area contributed by atoms with E-state index in [2.05, 4.69) is 4.18 Å². The molecule has 0 bridgehead atoms. The summed E-state index contributed by atoms with van der Waals surface area (Å²) in [6, 6.07) is 0. The first-order valence-electron chi connectivity index (χ1n) is 4.05. The van der Waals surface area contributed by atoms with E-state index in [9.17, 15) is 8.42 Å². The molecule has 0 fully saturated rings. The summed E-state index contributed by atoms with van der Waals surface area (Å²) in [4.78, 5) is 0. The molecule has 0 aliphatic carbocycles. The minimum atomic E-state index is -3.28. The fraction of sp³-hybridized carbons (Fsp3) is 0.714. The molecule has 0 radical (unpaired) electrons. The minimum absolute atomic E-state index is 0.223. The SMILES string of the molecule is [2H]C/C=C\CCCOS(C)(=O)=O. The summed E-state index contributed by atoms with van der Waals surface area (Å²) in [5.74, 6) is 0. The Balaban J connectivity index is 3.28. The van der Waals surface area contributed by atoms with Gasteiger partial charge in [0.15, 0.2) is 0 Å². The van der Waals surface area contributed by atoms with Crippen LogP contribution in [-0.4, -0.2) is 21.3 Å². The van der Waals surface area contributed by atoms with Crippen molar-refractivity contribution in [3.05, 3.63) is 12.2 Å². The molecule has 0 saturated heterocycles. The average molecular weight is 179 g/mol. The van der Waals surface area contributed by atoms with Crippen molar-refractivity contribution < 1.29 is 14.0 Å². The molecule has 0 aromatic carbocycles. The van der Waals surface area contributed by atoms with Crippen LogP contribution in [0.3, 0.4) is 0 Å². The Kier molecular flexibility index (Phi) is 4.23. The van der Waals surface area contributed by atoms with Gasteiger partial charge in [-0.25, -0.2) is 0 Å². The summed E-state index contributed by atoms with van der Waals surface area (Å²) in [7, 11) is -3.28. The molecule has 3 nitrogen and oxygen atoms in total. The number of hydrogen-bond acceptors (Lipinski definition) is 3. The van der Waals surface area contributed by atoms with Crippen LogP contribution in [0.25, 0.3) is 0 Å². The largest absolute Gasteiger partial charge is 0.270 e. The van der Waals surface area contributed by atoms with E-state index in [0.717, 1.165) is 12.7 Å². The molecule has 0 N–H and O–H groups in total. The van der Waals surface area contributed by atoms with E-state index in [1.807, 2.05) is 6.08 Å². The molecule has 0 atom stereocenters. The molecule has 0 heterocycles. The van der Waals surface area contributed by atoms with Crippen LogP contribution in [-0.2, 0) is 14.3 Å². The van der Waals surface area contributed by atoms with Gasteiger partial charge in [-0.05, 0) is 19.7 Å². The number of hydrogen-bond donors (Lipinski definition) is 0. The van der Waals surface area contributed by atoms with Crippen LogP contribution in [0.5, 0.6) is 0 Å². The van der Waals surface area contributed by atoms with Crippen LogP contribution >= 0.6 is 0 Å². The van der Waals surface area contributed by atoms with E-state index in [-0.39, 0.29) is 13.5 Å². The zero-order chi connectivity index (χ0) is 9.45. The molecule has 66 valence electrons. The highest BCUT2D eigenvalue weighted by Gasteiger charge is 1.98. The first-order chi connectivity index (χ1) is 5.56. The van der Waals surface area contributed by atoms with Crippen molar-refractivity contribution in [3.8, 4) is 0 Å². The molecule has 0 aromatic rings. The van der Waals surface area contributed by atoms with Gasteiger partial charge in [0.2, 0.25) is 0 Å². The van der Waals surface area contributed by atoms with Gasteiger partial charge in [0.05, 0.1) is 12.9 Å². The lowest BCUT2D eigenvalue weighted by Gasteiger charge is -1.97. The third kappa shape index (κ3) is 9.65. The molecule has 0 amide bonds. The lowest BCUT2D eigenvalue weighted by Crippen LogP contribution is -2.03. The van der Waals surface area contributed by atoms with Crippen LogP contribution < -0.4 is 0 Å². The Hall–Kier alpha value is -0.350.